The average molecular weight is 241 g/mol. The van der Waals surface area contributed by atoms with Crippen LogP contribution in [0.25, 0.3) is 0 Å². The quantitative estimate of drug-likeness (QED) is 0.293. The van der Waals surface area contributed by atoms with Crippen LogP contribution < -0.4 is 22.1 Å². The zero-order chi connectivity index (χ0) is 12.8. The molecule has 0 saturated heterocycles. The van der Waals surface area contributed by atoms with Gasteiger partial charge in [-0.05, 0) is 0 Å². The van der Waals surface area contributed by atoms with Gasteiger partial charge in [-0.25, -0.2) is 9.78 Å². The average Bonchev–Trinajstić information content (AvgIpc) is 2.23. The summed E-state index contributed by atoms with van der Waals surface area (Å²) in [6.07, 6.45) is 1.01. The van der Waals surface area contributed by atoms with E-state index in [1.54, 1.807) is 0 Å². The van der Waals surface area contributed by atoms with Crippen molar-refractivity contribution in [2.75, 3.05) is 24.1 Å². The minimum absolute atomic E-state index is 0.00577. The number of hydrogen-bond acceptors (Lipinski definition) is 7. The molecule has 2 amide bonds. The molecule has 0 aliphatic carbocycles. The number of nitrogens with one attached hydrogen (secondary N) is 2. The smallest absolute Gasteiger partial charge is 0.329 e. The molecule has 17 heavy (non-hydrogen) atoms. The van der Waals surface area contributed by atoms with Crippen molar-refractivity contribution in [1.82, 2.24) is 15.3 Å². The zero-order valence-corrected chi connectivity index (χ0v) is 8.71. The summed E-state index contributed by atoms with van der Waals surface area (Å²) in [5.74, 6) is -0.0882. The third-order valence-electron chi connectivity index (χ3n) is 1.70. The van der Waals surface area contributed by atoms with Gasteiger partial charge >= 0.3 is 11.7 Å². The number of carbonyl (C=O) groups excluding carboxylic acids is 1. The zero-order valence-electron chi connectivity index (χ0n) is 8.71. The molecule has 0 aliphatic heterocycles. The van der Waals surface area contributed by atoms with E-state index in [1.165, 1.54) is 0 Å². The molecule has 1 aromatic rings. The number of aromatic nitrogens is 2. The summed E-state index contributed by atoms with van der Waals surface area (Å²) in [4.78, 5) is 27.6. The summed E-state index contributed by atoms with van der Waals surface area (Å²) in [6, 6.07) is -0.677. The van der Waals surface area contributed by atoms with Gasteiger partial charge in [-0.3, -0.25) is 10.1 Å². The number of carbonyl (C=O) groups is 1. The molecule has 0 atom stereocenters. The van der Waals surface area contributed by atoms with Crippen LogP contribution in [0, 0.1) is 10.1 Å². The van der Waals surface area contributed by atoms with E-state index in [0.29, 0.717) is 0 Å². The molecule has 0 bridgehead atoms. The van der Waals surface area contributed by atoms with E-state index in [2.05, 4.69) is 20.6 Å². The Kier molecular flexibility index (Phi) is 3.97. The van der Waals surface area contributed by atoms with Crippen LogP contribution in [0.4, 0.5) is 22.2 Å². The first-order valence-corrected chi connectivity index (χ1v) is 4.55. The van der Waals surface area contributed by atoms with Crippen molar-refractivity contribution in [3.8, 4) is 0 Å². The molecule has 0 saturated carbocycles. The van der Waals surface area contributed by atoms with Crippen molar-refractivity contribution in [2.24, 2.45) is 5.73 Å². The van der Waals surface area contributed by atoms with Gasteiger partial charge in [0.05, 0.1) is 4.92 Å². The fourth-order valence-electron chi connectivity index (χ4n) is 1.02. The van der Waals surface area contributed by atoms with Gasteiger partial charge in [-0.15, -0.1) is 0 Å². The minimum Gasteiger partial charge on any atom is -0.368 e. The SMILES string of the molecule is NC(=O)NCCNc1nc(N)ncc1[N+](=O)[O-]. The highest BCUT2D eigenvalue weighted by Gasteiger charge is 2.15. The number of nitrogens with two attached hydrogens (primary N) is 2. The fourth-order valence-corrected chi connectivity index (χ4v) is 1.02. The standard InChI is InChI=1S/C7H11N7O3/c8-6-12-3-4(14(16)17)5(13-6)10-1-2-11-7(9)15/h3H,1-2H2,(H3,9,11,15)(H3,8,10,12,13). The Morgan fingerprint density at radius 3 is 2.82 bits per heavy atom. The Labute approximate surface area is 95.6 Å². The van der Waals surface area contributed by atoms with Crippen molar-refractivity contribution in [2.45, 2.75) is 0 Å². The van der Waals surface area contributed by atoms with Gasteiger partial charge in [0, 0.05) is 13.1 Å². The summed E-state index contributed by atoms with van der Waals surface area (Å²) in [5, 5.41) is 15.6. The first-order valence-electron chi connectivity index (χ1n) is 4.55. The number of nitrogens with zero attached hydrogens (tertiary/aromatic N) is 3. The molecule has 0 spiro atoms. The predicted octanol–water partition coefficient (Wildman–Crippen LogP) is -0.953. The molecule has 6 N–H and O–H groups in total. The Morgan fingerprint density at radius 1 is 1.53 bits per heavy atom. The van der Waals surface area contributed by atoms with Crippen LogP contribution in [0.3, 0.4) is 0 Å². The normalized spacial score (nSPS) is 9.65. The molecule has 0 unspecified atom stereocenters. The maximum absolute atomic E-state index is 10.6. The van der Waals surface area contributed by atoms with Crippen LogP contribution in [-0.4, -0.2) is 34.0 Å². The van der Waals surface area contributed by atoms with E-state index in [-0.39, 0.29) is 30.5 Å². The lowest BCUT2D eigenvalue weighted by Crippen LogP contribution is -2.33. The van der Waals surface area contributed by atoms with Gasteiger partial charge in [0.2, 0.25) is 11.8 Å². The van der Waals surface area contributed by atoms with Gasteiger partial charge in [-0.2, -0.15) is 4.98 Å². The van der Waals surface area contributed by atoms with Gasteiger partial charge in [0.25, 0.3) is 0 Å². The topological polar surface area (TPSA) is 162 Å². The molecule has 1 aromatic heterocycles. The number of primary amides is 1. The fraction of sp³-hybridized carbons (Fsp3) is 0.286. The summed E-state index contributed by atoms with van der Waals surface area (Å²) >= 11 is 0. The van der Waals surface area contributed by atoms with E-state index in [9.17, 15) is 14.9 Å². The van der Waals surface area contributed by atoms with Gasteiger partial charge < -0.3 is 22.1 Å². The first-order chi connectivity index (χ1) is 8.00. The Hall–Kier alpha value is -2.65. The summed E-state index contributed by atoms with van der Waals surface area (Å²) in [7, 11) is 0. The van der Waals surface area contributed by atoms with Crippen LogP contribution in [0.2, 0.25) is 0 Å². The van der Waals surface area contributed by atoms with Crippen LogP contribution in [0.5, 0.6) is 0 Å². The van der Waals surface area contributed by atoms with Crippen molar-refractivity contribution in [3.05, 3.63) is 16.3 Å². The summed E-state index contributed by atoms with van der Waals surface area (Å²) in [6.45, 7) is 0.427. The highest BCUT2D eigenvalue weighted by atomic mass is 16.6. The van der Waals surface area contributed by atoms with Gasteiger partial charge in [0.15, 0.2) is 0 Å². The molecular formula is C7H11N7O3. The van der Waals surface area contributed by atoms with Crippen LogP contribution >= 0.6 is 0 Å². The lowest BCUT2D eigenvalue weighted by molar-refractivity contribution is -0.384. The van der Waals surface area contributed by atoms with E-state index in [4.69, 9.17) is 11.5 Å². The number of hydrogen-bond donors (Lipinski definition) is 4. The molecule has 0 fully saturated rings. The Balaban J connectivity index is 2.65. The molecule has 0 radical (unpaired) electrons. The molecule has 0 aromatic carbocycles. The monoisotopic (exact) mass is 241 g/mol. The molecule has 1 heterocycles. The number of nitrogen functional groups attached to an aromatic ring is 1. The van der Waals surface area contributed by atoms with E-state index in [0.717, 1.165) is 6.20 Å². The van der Waals surface area contributed by atoms with E-state index in [1.807, 2.05) is 0 Å². The lowest BCUT2D eigenvalue weighted by Gasteiger charge is -2.06. The van der Waals surface area contributed by atoms with Gasteiger partial charge in [-0.1, -0.05) is 0 Å². The number of amides is 2. The van der Waals surface area contributed by atoms with Crippen molar-refractivity contribution >= 4 is 23.5 Å². The summed E-state index contributed by atoms with van der Waals surface area (Å²) in [5.41, 5.74) is 9.85. The predicted molar refractivity (Wildman–Crippen MR) is 59.2 cm³/mol. The van der Waals surface area contributed by atoms with Crippen molar-refractivity contribution in [3.63, 3.8) is 0 Å². The van der Waals surface area contributed by atoms with Crippen molar-refractivity contribution < 1.29 is 9.72 Å². The Morgan fingerprint density at radius 2 is 2.24 bits per heavy atom. The largest absolute Gasteiger partial charge is 0.368 e. The van der Waals surface area contributed by atoms with E-state index < -0.39 is 11.0 Å². The van der Waals surface area contributed by atoms with Crippen LogP contribution in [0.15, 0.2) is 6.20 Å². The highest BCUT2D eigenvalue weighted by molar-refractivity contribution is 5.71. The van der Waals surface area contributed by atoms with Gasteiger partial charge in [0.1, 0.15) is 6.20 Å². The molecule has 92 valence electrons. The minimum atomic E-state index is -0.677. The molecule has 1 rings (SSSR count). The number of nitro groups is 1. The Bertz CT molecular complexity index is 435. The second-order valence-corrected chi connectivity index (χ2v) is 2.94. The maximum atomic E-state index is 10.6. The number of urea groups is 1. The lowest BCUT2D eigenvalue weighted by atomic mass is 10.4. The van der Waals surface area contributed by atoms with Crippen LogP contribution in [-0.2, 0) is 0 Å². The molecule has 10 nitrogen and oxygen atoms in total. The van der Waals surface area contributed by atoms with E-state index >= 15 is 0 Å². The third-order valence-corrected chi connectivity index (χ3v) is 1.70. The number of anilines is 2. The second-order valence-electron chi connectivity index (χ2n) is 2.94. The first kappa shape index (κ1) is 12.4. The molecule has 10 heteroatoms. The second kappa shape index (κ2) is 5.44. The third kappa shape index (κ3) is 3.77. The highest BCUT2D eigenvalue weighted by Crippen LogP contribution is 2.20. The van der Waals surface area contributed by atoms with Crippen molar-refractivity contribution in [1.29, 1.82) is 0 Å². The molecular weight excluding hydrogens is 230 g/mol. The summed E-state index contributed by atoms with van der Waals surface area (Å²) < 4.78 is 0. The van der Waals surface area contributed by atoms with Crippen LogP contribution in [0.1, 0.15) is 0 Å². The number of rotatable bonds is 5. The molecule has 0 aliphatic rings. The maximum Gasteiger partial charge on any atom is 0.329 e.